The smallest absolute Gasteiger partial charge is 0.0297 e. The standard InChI is InChI=1S/C9H16/c1-7-5-8-3-4-9(7,2)6-8/h7-8H,3-6H2,1-2H3. The van der Waals surface area contributed by atoms with Crippen LogP contribution >= 0.6 is 0 Å². The fourth-order valence-electron chi connectivity index (χ4n) is 2.83. The summed E-state index contributed by atoms with van der Waals surface area (Å²) in [4.78, 5) is 0. The van der Waals surface area contributed by atoms with Gasteiger partial charge in [0.25, 0.3) is 0 Å². The Labute approximate surface area is 57.6 Å². The van der Waals surface area contributed by atoms with Crippen molar-refractivity contribution >= 4 is 0 Å². The maximum absolute atomic E-state index is 2.48. The van der Waals surface area contributed by atoms with E-state index in [-0.39, 0.29) is 0 Å². The average molecular weight is 124 g/mol. The molecule has 2 rings (SSSR count). The van der Waals surface area contributed by atoms with E-state index in [4.69, 9.17) is 0 Å². The van der Waals surface area contributed by atoms with E-state index in [1.54, 1.807) is 0 Å². The van der Waals surface area contributed by atoms with Crippen molar-refractivity contribution in [3.8, 4) is 0 Å². The molecule has 0 aromatic carbocycles. The molecule has 0 aromatic rings. The highest BCUT2D eigenvalue weighted by atomic mass is 14.5. The maximum Gasteiger partial charge on any atom is -0.0297 e. The molecule has 2 bridgehead atoms. The van der Waals surface area contributed by atoms with Gasteiger partial charge in [0.15, 0.2) is 0 Å². The maximum atomic E-state index is 2.48. The third-order valence-electron chi connectivity index (χ3n) is 3.76. The predicted molar refractivity (Wildman–Crippen MR) is 39.2 cm³/mol. The van der Waals surface area contributed by atoms with Crippen molar-refractivity contribution < 1.29 is 0 Å². The van der Waals surface area contributed by atoms with Crippen LogP contribution in [0.5, 0.6) is 0 Å². The summed E-state index contributed by atoms with van der Waals surface area (Å²) in [7, 11) is 0. The van der Waals surface area contributed by atoms with E-state index in [1.165, 1.54) is 25.7 Å². The molecule has 0 amide bonds. The number of hydrogen-bond donors (Lipinski definition) is 0. The summed E-state index contributed by atoms with van der Waals surface area (Å²) >= 11 is 0. The summed E-state index contributed by atoms with van der Waals surface area (Å²) in [5.74, 6) is 2.14. The van der Waals surface area contributed by atoms with E-state index in [9.17, 15) is 0 Å². The molecule has 9 heavy (non-hydrogen) atoms. The highest BCUT2D eigenvalue weighted by Crippen LogP contribution is 2.56. The minimum atomic E-state index is 0.769. The Bertz CT molecular complexity index is 128. The van der Waals surface area contributed by atoms with Crippen LogP contribution in [0.25, 0.3) is 0 Å². The van der Waals surface area contributed by atoms with Gasteiger partial charge in [0.05, 0.1) is 0 Å². The lowest BCUT2D eigenvalue weighted by Crippen LogP contribution is -2.18. The molecule has 2 aliphatic rings. The number of hydrogen-bond acceptors (Lipinski definition) is 0. The van der Waals surface area contributed by atoms with Crippen LogP contribution in [0.2, 0.25) is 0 Å². The van der Waals surface area contributed by atoms with Gasteiger partial charge in [-0.3, -0.25) is 0 Å². The molecule has 3 atom stereocenters. The van der Waals surface area contributed by atoms with E-state index in [0.29, 0.717) is 0 Å². The molecule has 2 saturated carbocycles. The predicted octanol–water partition coefficient (Wildman–Crippen LogP) is 2.83. The Morgan fingerprint density at radius 1 is 1.44 bits per heavy atom. The SMILES string of the molecule is CC1CC2CCC1(C)C2. The fourth-order valence-corrected chi connectivity index (χ4v) is 2.83. The lowest BCUT2D eigenvalue weighted by Gasteiger charge is -2.27. The largest absolute Gasteiger partial charge is 0.0620 e. The van der Waals surface area contributed by atoms with Gasteiger partial charge >= 0.3 is 0 Å². The van der Waals surface area contributed by atoms with Gasteiger partial charge in [-0.2, -0.15) is 0 Å². The highest BCUT2D eigenvalue weighted by Gasteiger charge is 2.46. The van der Waals surface area contributed by atoms with E-state index in [0.717, 1.165) is 17.3 Å². The molecule has 3 unspecified atom stereocenters. The monoisotopic (exact) mass is 124 g/mol. The zero-order valence-corrected chi connectivity index (χ0v) is 6.48. The molecule has 2 fully saturated rings. The first-order valence-corrected chi connectivity index (χ1v) is 4.21. The molecular weight excluding hydrogens is 108 g/mol. The summed E-state index contributed by atoms with van der Waals surface area (Å²) < 4.78 is 0. The highest BCUT2D eigenvalue weighted by molar-refractivity contribution is 4.96. The lowest BCUT2D eigenvalue weighted by molar-refractivity contribution is 0.229. The van der Waals surface area contributed by atoms with Crippen LogP contribution < -0.4 is 0 Å². The summed E-state index contributed by atoms with van der Waals surface area (Å²) in [5, 5.41) is 0. The summed E-state index contributed by atoms with van der Waals surface area (Å²) in [6, 6.07) is 0. The van der Waals surface area contributed by atoms with Crippen LogP contribution in [-0.2, 0) is 0 Å². The first-order valence-electron chi connectivity index (χ1n) is 4.21. The van der Waals surface area contributed by atoms with Crippen LogP contribution in [-0.4, -0.2) is 0 Å². The van der Waals surface area contributed by atoms with Gasteiger partial charge < -0.3 is 0 Å². The van der Waals surface area contributed by atoms with Crippen LogP contribution in [0.3, 0.4) is 0 Å². The van der Waals surface area contributed by atoms with Gasteiger partial charge in [-0.25, -0.2) is 0 Å². The van der Waals surface area contributed by atoms with Gasteiger partial charge in [0, 0.05) is 0 Å². The zero-order chi connectivity index (χ0) is 6.48. The molecule has 0 spiro atoms. The molecule has 0 nitrogen and oxygen atoms in total. The third-order valence-corrected chi connectivity index (χ3v) is 3.76. The first-order chi connectivity index (χ1) is 4.21. The topological polar surface area (TPSA) is 0 Å². The van der Waals surface area contributed by atoms with Crippen LogP contribution in [0.4, 0.5) is 0 Å². The minimum Gasteiger partial charge on any atom is -0.0620 e. The number of rotatable bonds is 0. The van der Waals surface area contributed by atoms with Crippen molar-refractivity contribution in [3.63, 3.8) is 0 Å². The molecule has 0 aliphatic heterocycles. The molecule has 2 aliphatic carbocycles. The minimum absolute atomic E-state index is 0.769. The van der Waals surface area contributed by atoms with Crippen LogP contribution in [0.15, 0.2) is 0 Å². The summed E-state index contributed by atoms with van der Waals surface area (Å²) in [6.07, 6.45) is 6.10. The van der Waals surface area contributed by atoms with Crippen molar-refractivity contribution in [3.05, 3.63) is 0 Å². The third kappa shape index (κ3) is 0.653. The Hall–Kier alpha value is 0. The molecule has 0 N–H and O–H groups in total. The molecule has 0 saturated heterocycles. The first kappa shape index (κ1) is 5.76. The summed E-state index contributed by atoms with van der Waals surface area (Å²) in [6.45, 7) is 4.91. The van der Waals surface area contributed by atoms with E-state index in [1.807, 2.05) is 0 Å². The van der Waals surface area contributed by atoms with Gasteiger partial charge in [-0.15, -0.1) is 0 Å². The van der Waals surface area contributed by atoms with Crippen molar-refractivity contribution in [1.29, 1.82) is 0 Å². The fraction of sp³-hybridized carbons (Fsp3) is 1.00. The Morgan fingerprint density at radius 3 is 2.44 bits per heavy atom. The van der Waals surface area contributed by atoms with E-state index >= 15 is 0 Å². The van der Waals surface area contributed by atoms with E-state index in [2.05, 4.69) is 13.8 Å². The molecule has 0 heteroatoms. The second-order valence-corrected chi connectivity index (χ2v) is 4.40. The zero-order valence-electron chi connectivity index (χ0n) is 6.48. The van der Waals surface area contributed by atoms with Crippen molar-refractivity contribution in [1.82, 2.24) is 0 Å². The Morgan fingerprint density at radius 2 is 2.22 bits per heavy atom. The molecule has 52 valence electrons. The Balaban J connectivity index is 2.22. The average Bonchev–Trinajstić information content (AvgIpc) is 2.22. The second kappa shape index (κ2) is 1.53. The van der Waals surface area contributed by atoms with Gasteiger partial charge in [0.2, 0.25) is 0 Å². The van der Waals surface area contributed by atoms with Gasteiger partial charge in [-0.05, 0) is 42.9 Å². The van der Waals surface area contributed by atoms with Gasteiger partial charge in [0.1, 0.15) is 0 Å². The normalized spacial score (nSPS) is 56.7. The Kier molecular flexibility index (Phi) is 0.980. The summed E-state index contributed by atoms with van der Waals surface area (Å²) in [5.41, 5.74) is 0.769. The number of fused-ring (bicyclic) bond motifs is 2. The van der Waals surface area contributed by atoms with Gasteiger partial charge in [-0.1, -0.05) is 13.8 Å². The lowest BCUT2D eigenvalue weighted by atomic mass is 9.78. The van der Waals surface area contributed by atoms with E-state index < -0.39 is 0 Å². The molecular formula is C9H16. The van der Waals surface area contributed by atoms with Crippen molar-refractivity contribution in [2.75, 3.05) is 0 Å². The quantitative estimate of drug-likeness (QED) is 0.466. The van der Waals surface area contributed by atoms with Crippen LogP contribution in [0, 0.1) is 17.3 Å². The van der Waals surface area contributed by atoms with Crippen molar-refractivity contribution in [2.45, 2.75) is 39.5 Å². The van der Waals surface area contributed by atoms with Crippen LogP contribution in [0.1, 0.15) is 39.5 Å². The molecule has 0 aromatic heterocycles. The van der Waals surface area contributed by atoms with Crippen molar-refractivity contribution in [2.24, 2.45) is 17.3 Å². The second-order valence-electron chi connectivity index (χ2n) is 4.40. The molecule has 0 heterocycles. The molecule has 0 radical (unpaired) electrons.